The van der Waals surface area contributed by atoms with E-state index < -0.39 is 10.0 Å². The summed E-state index contributed by atoms with van der Waals surface area (Å²) < 4.78 is 43.9. The van der Waals surface area contributed by atoms with Crippen LogP contribution in [0, 0.1) is 12.7 Å². The first-order chi connectivity index (χ1) is 15.9. The van der Waals surface area contributed by atoms with Crippen LogP contribution in [0.15, 0.2) is 60.7 Å². The number of halogens is 1. The molecule has 0 amide bonds. The predicted molar refractivity (Wildman–Crippen MR) is 128 cm³/mol. The van der Waals surface area contributed by atoms with Crippen LogP contribution in [0.4, 0.5) is 10.1 Å². The fourth-order valence-corrected chi connectivity index (χ4v) is 6.13. The lowest BCUT2D eigenvalue weighted by Crippen LogP contribution is -2.37. The molecule has 2 heterocycles. The first-order valence-corrected chi connectivity index (χ1v) is 12.6. The van der Waals surface area contributed by atoms with Crippen molar-refractivity contribution in [3.05, 3.63) is 77.7 Å². The largest absolute Gasteiger partial charge is 0.326 e. The van der Waals surface area contributed by atoms with Crippen LogP contribution >= 0.6 is 0 Å². The van der Waals surface area contributed by atoms with Gasteiger partial charge in [-0.1, -0.05) is 35.0 Å². The van der Waals surface area contributed by atoms with Gasteiger partial charge in [-0.25, -0.2) is 8.42 Å². The second kappa shape index (κ2) is 8.28. The Kier molecular flexibility index (Phi) is 5.42. The Morgan fingerprint density at radius 2 is 1.88 bits per heavy atom. The lowest BCUT2D eigenvalue weighted by molar-refractivity contribution is -0.631. The number of rotatable bonds is 4. The van der Waals surface area contributed by atoms with Gasteiger partial charge >= 0.3 is 0 Å². The molecule has 0 unspecified atom stereocenters. The third-order valence-corrected chi connectivity index (χ3v) is 8.11. The molecule has 0 atom stereocenters. The Bertz CT molecular complexity index is 1450. The molecule has 1 aliphatic rings. The first-order valence-electron chi connectivity index (χ1n) is 11.0. The number of aromatic nitrogens is 2. The highest BCUT2D eigenvalue weighted by atomic mass is 32.2. The van der Waals surface area contributed by atoms with Gasteiger partial charge in [-0.05, 0) is 49.1 Å². The van der Waals surface area contributed by atoms with Crippen LogP contribution in [-0.4, -0.2) is 25.8 Å². The van der Waals surface area contributed by atoms with E-state index in [9.17, 15) is 8.42 Å². The molecule has 170 valence electrons. The van der Waals surface area contributed by atoms with E-state index in [0.717, 1.165) is 28.8 Å². The summed E-state index contributed by atoms with van der Waals surface area (Å²) in [6.45, 7) is 2.80. The Hall–Kier alpha value is -3.23. The van der Waals surface area contributed by atoms with E-state index in [1.165, 1.54) is 4.31 Å². The molecule has 3 aromatic carbocycles. The Labute approximate surface area is 192 Å². The standard InChI is InChI=1S/C25H25FN4O2S/c1-17-22-11-12-23(19-7-9-20(10-8-19)29-13-2-3-14-33(29,31)32)24(26)25(22)30(28-17)21-6-4-5-18(15-21)16-27/h4-12,15H,2-3,13-14,16,27H2,1H3/p+1. The summed E-state index contributed by atoms with van der Waals surface area (Å²) >= 11 is 0. The lowest BCUT2D eigenvalue weighted by Gasteiger charge is -2.28. The molecule has 1 saturated heterocycles. The van der Waals surface area contributed by atoms with Crippen molar-refractivity contribution in [2.24, 2.45) is 5.73 Å². The number of sulfonamides is 1. The summed E-state index contributed by atoms with van der Waals surface area (Å²) in [6.07, 6.45) is 1.52. The molecule has 3 N–H and O–H groups in total. The van der Waals surface area contributed by atoms with Gasteiger partial charge in [0.1, 0.15) is 0 Å². The topological polar surface area (TPSA) is 83.1 Å². The van der Waals surface area contributed by atoms with Crippen LogP contribution in [0.1, 0.15) is 24.1 Å². The van der Waals surface area contributed by atoms with Crippen molar-refractivity contribution in [2.75, 3.05) is 16.6 Å². The van der Waals surface area contributed by atoms with Crippen LogP contribution in [0.2, 0.25) is 0 Å². The van der Waals surface area contributed by atoms with E-state index in [-0.39, 0.29) is 11.6 Å². The summed E-state index contributed by atoms with van der Waals surface area (Å²) in [5.74, 6) is -0.175. The normalized spacial score (nSPS) is 15.8. The zero-order valence-electron chi connectivity index (χ0n) is 18.4. The van der Waals surface area contributed by atoms with Gasteiger partial charge in [0.05, 0.1) is 22.5 Å². The van der Waals surface area contributed by atoms with E-state index >= 15 is 4.39 Å². The van der Waals surface area contributed by atoms with Crippen LogP contribution < -0.4 is 14.7 Å². The Morgan fingerprint density at radius 3 is 2.61 bits per heavy atom. The van der Waals surface area contributed by atoms with Crippen molar-refractivity contribution in [3.8, 4) is 16.8 Å². The second-order valence-electron chi connectivity index (χ2n) is 8.41. The zero-order chi connectivity index (χ0) is 23.2. The Balaban J connectivity index is 1.59. The van der Waals surface area contributed by atoms with Gasteiger partial charge in [-0.3, -0.25) is 4.31 Å². The second-order valence-corrected chi connectivity index (χ2v) is 10.4. The highest BCUT2D eigenvalue weighted by molar-refractivity contribution is 7.92. The number of benzene rings is 3. The minimum Gasteiger partial charge on any atom is -0.326 e. The fourth-order valence-electron chi connectivity index (χ4n) is 4.49. The molecule has 1 aromatic heterocycles. The van der Waals surface area contributed by atoms with Crippen molar-refractivity contribution in [2.45, 2.75) is 26.3 Å². The average Bonchev–Trinajstić information content (AvgIpc) is 3.17. The number of nitrogens with zero attached hydrogens (tertiary/aromatic N) is 2. The highest BCUT2D eigenvalue weighted by Gasteiger charge is 2.27. The van der Waals surface area contributed by atoms with Crippen molar-refractivity contribution >= 4 is 26.6 Å². The number of hydrogen-bond acceptors (Lipinski definition) is 3. The van der Waals surface area contributed by atoms with Gasteiger partial charge in [0.15, 0.2) is 0 Å². The van der Waals surface area contributed by atoms with Gasteiger partial charge in [-0.15, -0.1) is 0 Å². The molecule has 5 rings (SSSR count). The number of anilines is 1. The minimum absolute atomic E-state index is 0.165. The van der Waals surface area contributed by atoms with Crippen LogP contribution in [-0.2, 0) is 16.6 Å². The summed E-state index contributed by atoms with van der Waals surface area (Å²) in [6, 6.07) is 18.4. The molecule has 0 aliphatic carbocycles. The number of fused-ring (bicyclic) bond motifs is 1. The lowest BCUT2D eigenvalue weighted by atomic mass is 10.0. The SMILES string of the molecule is Cc1[nH][n+](-c2cccc(CN)c2)c2c(F)c(-c3ccc(N4CCCCS4(=O)=O)cc3)ccc12. The molecule has 6 nitrogen and oxygen atoms in total. The van der Waals surface area contributed by atoms with Crippen molar-refractivity contribution in [3.63, 3.8) is 0 Å². The van der Waals surface area contributed by atoms with Crippen molar-refractivity contribution in [1.29, 1.82) is 0 Å². The number of aromatic amines is 1. The van der Waals surface area contributed by atoms with Crippen LogP contribution in [0.5, 0.6) is 0 Å². The van der Waals surface area contributed by atoms with E-state index in [4.69, 9.17) is 5.73 Å². The van der Waals surface area contributed by atoms with Crippen molar-refractivity contribution < 1.29 is 17.5 Å². The summed E-state index contributed by atoms with van der Waals surface area (Å²) in [4.78, 5) is 0. The molecule has 1 fully saturated rings. The fraction of sp³-hybridized carbons (Fsp3) is 0.240. The molecule has 0 spiro atoms. The van der Waals surface area contributed by atoms with Gasteiger partial charge in [0, 0.05) is 30.8 Å². The molecular formula is C25H26FN4O2S+. The number of H-pyrrole nitrogens is 1. The number of aryl methyl sites for hydroxylation is 1. The monoisotopic (exact) mass is 465 g/mol. The van der Waals surface area contributed by atoms with Gasteiger partial charge in [0.2, 0.25) is 21.5 Å². The zero-order valence-corrected chi connectivity index (χ0v) is 19.2. The van der Waals surface area contributed by atoms with E-state index in [1.54, 1.807) is 35.0 Å². The minimum atomic E-state index is -3.29. The molecule has 0 radical (unpaired) electrons. The maximum absolute atomic E-state index is 15.9. The maximum atomic E-state index is 15.9. The van der Waals surface area contributed by atoms with E-state index in [0.29, 0.717) is 41.8 Å². The third kappa shape index (κ3) is 3.79. The molecular weight excluding hydrogens is 439 g/mol. The number of nitrogens with two attached hydrogens (primary N) is 1. The molecule has 1 aliphatic heterocycles. The molecule has 8 heteroatoms. The van der Waals surface area contributed by atoms with Crippen molar-refractivity contribution in [1.82, 2.24) is 5.10 Å². The van der Waals surface area contributed by atoms with E-state index in [1.807, 2.05) is 37.3 Å². The molecule has 33 heavy (non-hydrogen) atoms. The van der Waals surface area contributed by atoms with E-state index in [2.05, 4.69) is 5.10 Å². The summed E-state index contributed by atoms with van der Waals surface area (Å²) in [5, 5.41) is 4.06. The number of hydrogen-bond donors (Lipinski definition) is 2. The van der Waals surface area contributed by atoms with Gasteiger partial charge < -0.3 is 5.73 Å². The molecule has 0 saturated carbocycles. The molecule has 4 aromatic rings. The smallest absolute Gasteiger partial charge is 0.281 e. The molecule has 0 bridgehead atoms. The van der Waals surface area contributed by atoms with Crippen LogP contribution in [0.25, 0.3) is 27.7 Å². The third-order valence-electron chi connectivity index (χ3n) is 6.24. The first kappa shape index (κ1) is 21.6. The quantitative estimate of drug-likeness (QED) is 0.448. The van der Waals surface area contributed by atoms with Gasteiger partial charge in [-0.2, -0.15) is 9.49 Å². The number of nitrogens with one attached hydrogen (secondary N) is 1. The Morgan fingerprint density at radius 1 is 1.09 bits per heavy atom. The van der Waals surface area contributed by atoms with Gasteiger partial charge in [0.25, 0.3) is 5.52 Å². The average molecular weight is 466 g/mol. The maximum Gasteiger partial charge on any atom is 0.281 e. The highest BCUT2D eigenvalue weighted by Crippen LogP contribution is 2.31. The van der Waals surface area contributed by atoms with Crippen LogP contribution in [0.3, 0.4) is 0 Å². The predicted octanol–water partition coefficient (Wildman–Crippen LogP) is 3.95. The summed E-state index contributed by atoms with van der Waals surface area (Å²) in [5.41, 5.74) is 10.6. The summed E-state index contributed by atoms with van der Waals surface area (Å²) in [7, 11) is -3.29.